The van der Waals surface area contributed by atoms with Gasteiger partial charge in [0, 0.05) is 11.3 Å². The van der Waals surface area contributed by atoms with Crippen molar-refractivity contribution in [3.05, 3.63) is 59.7 Å². The Hall–Kier alpha value is -2.82. The second-order valence-corrected chi connectivity index (χ2v) is 6.01. The fraction of sp³-hybridized carbons (Fsp3) is 0.333. The molecule has 0 aliphatic carbocycles. The van der Waals surface area contributed by atoms with Crippen molar-refractivity contribution in [3.63, 3.8) is 0 Å². The molecule has 0 spiro atoms. The molecule has 0 aromatic heterocycles. The van der Waals surface area contributed by atoms with E-state index in [4.69, 9.17) is 9.47 Å². The van der Waals surface area contributed by atoms with Crippen molar-refractivity contribution in [2.45, 2.75) is 33.1 Å². The zero-order chi connectivity index (χ0) is 18.8. The molecule has 5 nitrogen and oxygen atoms in total. The molecular weight excluding hydrogens is 330 g/mol. The van der Waals surface area contributed by atoms with Crippen LogP contribution in [0.15, 0.2) is 48.5 Å². The smallest absolute Gasteiger partial charge is 0.344 e. The van der Waals surface area contributed by atoms with Crippen molar-refractivity contribution in [1.82, 2.24) is 0 Å². The minimum absolute atomic E-state index is 0.138. The van der Waals surface area contributed by atoms with E-state index in [0.717, 1.165) is 30.5 Å². The first-order valence-electron chi connectivity index (χ1n) is 8.85. The number of hydrogen-bond donors (Lipinski definition) is 1. The quantitative estimate of drug-likeness (QED) is 0.536. The minimum atomic E-state index is -0.387. The first-order valence-corrected chi connectivity index (χ1v) is 8.85. The van der Waals surface area contributed by atoms with Gasteiger partial charge >= 0.3 is 5.97 Å². The highest BCUT2D eigenvalue weighted by molar-refractivity contribution is 6.04. The third kappa shape index (κ3) is 6.24. The van der Waals surface area contributed by atoms with E-state index in [9.17, 15) is 9.59 Å². The number of aryl methyl sites for hydroxylation is 1. The summed E-state index contributed by atoms with van der Waals surface area (Å²) in [6.45, 7) is 4.32. The molecule has 0 radical (unpaired) electrons. The molecule has 0 unspecified atom stereocenters. The third-order valence-electron chi connectivity index (χ3n) is 3.88. The maximum absolute atomic E-state index is 12.3. The number of anilines is 1. The number of unbranched alkanes of at least 4 members (excludes halogenated alkanes) is 2. The Balaban J connectivity index is 1.81. The lowest BCUT2D eigenvalue weighted by atomic mass is 10.1. The summed E-state index contributed by atoms with van der Waals surface area (Å²) in [6.07, 6.45) is 2.99. The van der Waals surface area contributed by atoms with E-state index in [-0.39, 0.29) is 18.5 Å². The van der Waals surface area contributed by atoms with Gasteiger partial charge in [0.25, 0.3) is 5.91 Å². The van der Waals surface area contributed by atoms with Crippen LogP contribution >= 0.6 is 0 Å². The largest absolute Gasteiger partial charge is 0.482 e. The maximum atomic E-state index is 12.3. The summed E-state index contributed by atoms with van der Waals surface area (Å²) < 4.78 is 10.5. The average molecular weight is 355 g/mol. The summed E-state index contributed by atoms with van der Waals surface area (Å²) in [7, 11) is 0. The number of para-hydroxylation sites is 1. The monoisotopic (exact) mass is 355 g/mol. The van der Waals surface area contributed by atoms with Crippen LogP contribution in [0.25, 0.3) is 0 Å². The Kier molecular flexibility index (Phi) is 7.68. The highest BCUT2D eigenvalue weighted by Gasteiger charge is 2.09. The van der Waals surface area contributed by atoms with E-state index in [1.54, 1.807) is 24.3 Å². The van der Waals surface area contributed by atoms with E-state index < -0.39 is 0 Å². The van der Waals surface area contributed by atoms with E-state index in [1.807, 2.05) is 31.2 Å². The zero-order valence-electron chi connectivity index (χ0n) is 15.3. The molecule has 0 heterocycles. The molecule has 2 aromatic rings. The van der Waals surface area contributed by atoms with Crippen LogP contribution in [0.2, 0.25) is 0 Å². The van der Waals surface area contributed by atoms with Crippen molar-refractivity contribution < 1.29 is 19.1 Å². The number of nitrogens with one attached hydrogen (secondary N) is 1. The van der Waals surface area contributed by atoms with Gasteiger partial charge in [0.1, 0.15) is 5.75 Å². The molecule has 0 bridgehead atoms. The number of amides is 1. The highest BCUT2D eigenvalue weighted by atomic mass is 16.6. The summed E-state index contributed by atoms with van der Waals surface area (Å²) in [6, 6.07) is 14.2. The van der Waals surface area contributed by atoms with Crippen molar-refractivity contribution in [2.75, 3.05) is 18.5 Å². The molecular formula is C21H25NO4. The van der Waals surface area contributed by atoms with Crippen molar-refractivity contribution in [2.24, 2.45) is 0 Å². The van der Waals surface area contributed by atoms with Crippen LogP contribution in [-0.4, -0.2) is 25.1 Å². The van der Waals surface area contributed by atoms with Gasteiger partial charge < -0.3 is 14.8 Å². The summed E-state index contributed by atoms with van der Waals surface area (Å²) in [5.74, 6) is -0.0633. The SMILES string of the molecule is CCCCCOC(=O)COc1ccc(C(=O)Nc2ccccc2C)cc1. The van der Waals surface area contributed by atoms with E-state index >= 15 is 0 Å². The van der Waals surface area contributed by atoms with Crippen molar-refractivity contribution in [1.29, 1.82) is 0 Å². The zero-order valence-corrected chi connectivity index (χ0v) is 15.3. The lowest BCUT2D eigenvalue weighted by Crippen LogP contribution is -2.16. The normalized spacial score (nSPS) is 10.2. The minimum Gasteiger partial charge on any atom is -0.482 e. The van der Waals surface area contributed by atoms with Gasteiger partial charge in [-0.25, -0.2) is 4.79 Å². The average Bonchev–Trinajstić information content (AvgIpc) is 2.66. The predicted molar refractivity (Wildman–Crippen MR) is 102 cm³/mol. The fourth-order valence-electron chi connectivity index (χ4n) is 2.33. The van der Waals surface area contributed by atoms with Gasteiger partial charge in [-0.15, -0.1) is 0 Å². The van der Waals surface area contributed by atoms with E-state index in [1.165, 1.54) is 0 Å². The number of ether oxygens (including phenoxy) is 2. The van der Waals surface area contributed by atoms with Gasteiger partial charge in [-0.05, 0) is 49.2 Å². The summed E-state index contributed by atoms with van der Waals surface area (Å²) >= 11 is 0. The first kappa shape index (κ1) is 19.5. The van der Waals surface area contributed by atoms with Gasteiger partial charge in [0.05, 0.1) is 6.61 Å². The summed E-state index contributed by atoms with van der Waals surface area (Å²) in [4.78, 5) is 23.9. The molecule has 1 N–H and O–H groups in total. The summed E-state index contributed by atoms with van der Waals surface area (Å²) in [5.41, 5.74) is 2.30. The molecule has 0 aliphatic heterocycles. The Labute approximate surface area is 154 Å². The van der Waals surface area contributed by atoms with Gasteiger partial charge in [-0.1, -0.05) is 38.0 Å². The van der Waals surface area contributed by atoms with Crippen LogP contribution in [-0.2, 0) is 9.53 Å². The van der Waals surface area contributed by atoms with Crippen LogP contribution in [0.5, 0.6) is 5.75 Å². The van der Waals surface area contributed by atoms with Crippen molar-refractivity contribution >= 4 is 17.6 Å². The van der Waals surface area contributed by atoms with Gasteiger partial charge in [-0.2, -0.15) is 0 Å². The maximum Gasteiger partial charge on any atom is 0.344 e. The van der Waals surface area contributed by atoms with Gasteiger partial charge in [-0.3, -0.25) is 4.79 Å². The third-order valence-corrected chi connectivity index (χ3v) is 3.88. The lowest BCUT2D eigenvalue weighted by Gasteiger charge is -2.09. The Morgan fingerprint density at radius 3 is 2.42 bits per heavy atom. The van der Waals surface area contributed by atoms with Crippen LogP contribution in [0.4, 0.5) is 5.69 Å². The van der Waals surface area contributed by atoms with Crippen LogP contribution < -0.4 is 10.1 Å². The number of benzene rings is 2. The van der Waals surface area contributed by atoms with Crippen LogP contribution in [0, 0.1) is 6.92 Å². The molecule has 26 heavy (non-hydrogen) atoms. The second-order valence-electron chi connectivity index (χ2n) is 6.01. The molecule has 0 fully saturated rings. The molecule has 0 atom stereocenters. The van der Waals surface area contributed by atoms with E-state index in [0.29, 0.717) is 17.9 Å². The number of esters is 1. The standard InChI is InChI=1S/C21H25NO4/c1-3-4-7-14-25-20(23)15-26-18-12-10-17(11-13-18)21(24)22-19-9-6-5-8-16(19)2/h5-6,8-13H,3-4,7,14-15H2,1-2H3,(H,22,24). The van der Waals surface area contributed by atoms with Crippen molar-refractivity contribution in [3.8, 4) is 5.75 Å². The molecule has 0 aliphatic rings. The first-order chi connectivity index (χ1) is 12.6. The van der Waals surface area contributed by atoms with Gasteiger partial charge in [0.2, 0.25) is 0 Å². The highest BCUT2D eigenvalue weighted by Crippen LogP contribution is 2.17. The molecule has 138 valence electrons. The van der Waals surface area contributed by atoms with E-state index in [2.05, 4.69) is 12.2 Å². The fourth-order valence-corrected chi connectivity index (χ4v) is 2.33. The molecule has 0 saturated carbocycles. The van der Waals surface area contributed by atoms with Crippen LogP contribution in [0.1, 0.15) is 42.1 Å². The van der Waals surface area contributed by atoms with Gasteiger partial charge in [0.15, 0.2) is 6.61 Å². The Morgan fingerprint density at radius 1 is 1.00 bits per heavy atom. The topological polar surface area (TPSA) is 64.6 Å². The Bertz CT molecular complexity index is 725. The number of rotatable bonds is 9. The number of carbonyl (C=O) groups is 2. The Morgan fingerprint density at radius 2 is 1.73 bits per heavy atom. The molecule has 5 heteroatoms. The summed E-state index contributed by atoms with van der Waals surface area (Å²) in [5, 5.41) is 2.88. The molecule has 1 amide bonds. The lowest BCUT2D eigenvalue weighted by molar-refractivity contribution is -0.146. The molecule has 0 saturated heterocycles. The predicted octanol–water partition coefficient (Wildman–Crippen LogP) is 4.36. The second kappa shape index (κ2) is 10.2. The molecule has 2 aromatic carbocycles. The van der Waals surface area contributed by atoms with Crippen LogP contribution in [0.3, 0.4) is 0 Å². The number of hydrogen-bond acceptors (Lipinski definition) is 4. The molecule has 2 rings (SSSR count). The number of carbonyl (C=O) groups excluding carboxylic acids is 2.